The number of H-pyrrole nitrogens is 1. The molecule has 1 aromatic rings. The van der Waals surface area contributed by atoms with Gasteiger partial charge in [0.1, 0.15) is 0 Å². The Morgan fingerprint density at radius 1 is 1.40 bits per heavy atom. The molecule has 2 aliphatic heterocycles. The maximum absolute atomic E-state index is 12.3. The zero-order chi connectivity index (χ0) is 17.7. The van der Waals surface area contributed by atoms with Gasteiger partial charge in [-0.05, 0) is 44.0 Å². The Balaban J connectivity index is 1.55. The molecule has 0 bridgehead atoms. The predicted octanol–water partition coefficient (Wildman–Crippen LogP) is 1.59. The van der Waals surface area contributed by atoms with Crippen LogP contribution in [0.25, 0.3) is 0 Å². The fraction of sp³-hybridized carbons (Fsp3) is 0.778. The van der Waals surface area contributed by atoms with E-state index in [1.54, 1.807) is 18.1 Å². The van der Waals surface area contributed by atoms with Crippen LogP contribution in [0.5, 0.6) is 0 Å². The second-order valence-electron chi connectivity index (χ2n) is 7.43. The number of imidazole rings is 1. The number of aliphatic hydroxyl groups is 1. The number of hydrogen-bond donors (Lipinski definition) is 2. The third-order valence-corrected chi connectivity index (χ3v) is 6.69. The molecule has 25 heavy (non-hydrogen) atoms. The first-order valence-corrected chi connectivity index (χ1v) is 10.6. The Labute approximate surface area is 154 Å². The lowest BCUT2D eigenvalue weighted by molar-refractivity contribution is -0.137. The average molecular weight is 367 g/mol. The normalized spacial score (nSPS) is 23.9. The average Bonchev–Trinajstić information content (AvgIpc) is 3.15. The minimum absolute atomic E-state index is 0.187. The number of nitrogens with one attached hydrogen (secondary N) is 1. The van der Waals surface area contributed by atoms with E-state index in [9.17, 15) is 9.90 Å². The van der Waals surface area contributed by atoms with Gasteiger partial charge in [-0.2, -0.15) is 11.8 Å². The number of likely N-dealkylation sites (tertiary alicyclic amines) is 2. The van der Waals surface area contributed by atoms with Crippen molar-refractivity contribution in [3.63, 3.8) is 0 Å². The van der Waals surface area contributed by atoms with E-state index in [0.29, 0.717) is 6.42 Å². The van der Waals surface area contributed by atoms with Crippen LogP contribution >= 0.6 is 11.8 Å². The van der Waals surface area contributed by atoms with Gasteiger partial charge in [-0.15, -0.1) is 0 Å². The largest absolute Gasteiger partial charge is 0.396 e. The van der Waals surface area contributed by atoms with Crippen LogP contribution in [0.1, 0.15) is 31.4 Å². The summed E-state index contributed by atoms with van der Waals surface area (Å²) in [4.78, 5) is 24.0. The van der Waals surface area contributed by atoms with E-state index in [-0.39, 0.29) is 23.8 Å². The number of aromatic amines is 1. The first kappa shape index (κ1) is 18.7. The molecule has 7 heteroatoms. The smallest absolute Gasteiger partial charge is 0.223 e. The quantitative estimate of drug-likeness (QED) is 0.800. The van der Waals surface area contributed by atoms with E-state index < -0.39 is 0 Å². The Hall–Kier alpha value is -1.05. The number of amides is 1. The van der Waals surface area contributed by atoms with Crippen molar-refractivity contribution in [1.82, 2.24) is 19.8 Å². The summed E-state index contributed by atoms with van der Waals surface area (Å²) >= 11 is 1.71. The van der Waals surface area contributed by atoms with E-state index in [0.717, 1.165) is 63.4 Å². The van der Waals surface area contributed by atoms with Gasteiger partial charge in [0, 0.05) is 56.2 Å². The van der Waals surface area contributed by atoms with Crippen molar-refractivity contribution in [3.05, 3.63) is 18.2 Å². The molecule has 2 fully saturated rings. The molecule has 2 N–H and O–H groups in total. The molecular weight excluding hydrogens is 336 g/mol. The van der Waals surface area contributed by atoms with Crippen LogP contribution in [-0.2, 0) is 11.3 Å². The third-order valence-electron chi connectivity index (χ3n) is 6.08. The number of rotatable bonds is 6. The Morgan fingerprint density at radius 3 is 2.80 bits per heavy atom. The number of nitrogens with zero attached hydrogens (tertiary/aromatic N) is 3. The van der Waals surface area contributed by atoms with Crippen molar-refractivity contribution in [2.45, 2.75) is 32.2 Å². The summed E-state index contributed by atoms with van der Waals surface area (Å²) in [5.41, 5.74) is 1.36. The second-order valence-corrected chi connectivity index (χ2v) is 8.41. The summed E-state index contributed by atoms with van der Waals surface area (Å²) in [7, 11) is 0. The number of aromatic nitrogens is 2. The van der Waals surface area contributed by atoms with E-state index in [2.05, 4.69) is 14.9 Å². The maximum Gasteiger partial charge on any atom is 0.223 e. The molecule has 0 aliphatic carbocycles. The molecule has 6 nitrogen and oxygen atoms in total. The van der Waals surface area contributed by atoms with Crippen LogP contribution in [0.3, 0.4) is 0 Å². The lowest BCUT2D eigenvalue weighted by atomic mass is 9.64. The van der Waals surface area contributed by atoms with E-state index in [4.69, 9.17) is 0 Å². The van der Waals surface area contributed by atoms with Crippen molar-refractivity contribution in [2.75, 3.05) is 44.8 Å². The van der Waals surface area contributed by atoms with Gasteiger partial charge in [0.05, 0.1) is 6.33 Å². The van der Waals surface area contributed by atoms with Crippen molar-refractivity contribution < 1.29 is 9.90 Å². The summed E-state index contributed by atoms with van der Waals surface area (Å²) < 4.78 is 0. The summed E-state index contributed by atoms with van der Waals surface area (Å²) in [5.74, 6) is 1.35. The number of hydrogen-bond acceptors (Lipinski definition) is 5. The minimum atomic E-state index is 0.187. The Bertz CT molecular complexity index is 543. The van der Waals surface area contributed by atoms with Crippen LogP contribution in [-0.4, -0.2) is 75.6 Å². The molecule has 1 atom stereocenters. The molecule has 140 valence electrons. The standard InChI is InChI=1S/C18H30N4O2S/c1-25-9-2-17(24)22-8-5-18(15(11-22)13-23)3-6-21(7-4-18)12-16-10-19-14-20-16/h10,14-15,23H,2-9,11-13H2,1H3,(H,19,20)/t15-/m1/s1. The summed E-state index contributed by atoms with van der Waals surface area (Å²) in [6.07, 6.45) is 9.52. The Kier molecular flexibility index (Phi) is 6.41. The fourth-order valence-corrected chi connectivity index (χ4v) is 4.74. The zero-order valence-electron chi connectivity index (χ0n) is 15.1. The number of piperidine rings is 2. The van der Waals surface area contributed by atoms with Crippen LogP contribution in [0.15, 0.2) is 12.5 Å². The highest BCUT2D eigenvalue weighted by Crippen LogP contribution is 2.45. The van der Waals surface area contributed by atoms with Crippen LogP contribution in [0.2, 0.25) is 0 Å². The van der Waals surface area contributed by atoms with Gasteiger partial charge in [-0.3, -0.25) is 9.69 Å². The SMILES string of the molecule is CSCCC(=O)N1CCC2(CCN(Cc3cnc[nH]3)CC2)[C@@H](CO)C1. The van der Waals surface area contributed by atoms with E-state index >= 15 is 0 Å². The lowest BCUT2D eigenvalue weighted by Crippen LogP contribution is -2.54. The molecule has 0 aromatic carbocycles. The van der Waals surface area contributed by atoms with Gasteiger partial charge in [-0.25, -0.2) is 4.98 Å². The van der Waals surface area contributed by atoms with E-state index in [1.807, 2.05) is 17.4 Å². The van der Waals surface area contributed by atoms with Gasteiger partial charge in [0.15, 0.2) is 0 Å². The molecule has 0 saturated carbocycles. The number of carbonyl (C=O) groups is 1. The molecule has 2 saturated heterocycles. The van der Waals surface area contributed by atoms with Crippen LogP contribution in [0.4, 0.5) is 0 Å². The van der Waals surface area contributed by atoms with Crippen LogP contribution < -0.4 is 0 Å². The molecule has 3 rings (SSSR count). The monoisotopic (exact) mass is 366 g/mol. The van der Waals surface area contributed by atoms with Gasteiger partial charge in [0.25, 0.3) is 0 Å². The molecule has 2 aliphatic rings. The van der Waals surface area contributed by atoms with E-state index in [1.165, 1.54) is 0 Å². The van der Waals surface area contributed by atoms with Gasteiger partial charge < -0.3 is 15.0 Å². The van der Waals surface area contributed by atoms with Gasteiger partial charge in [-0.1, -0.05) is 0 Å². The molecule has 1 amide bonds. The highest BCUT2D eigenvalue weighted by atomic mass is 32.2. The highest BCUT2D eigenvalue weighted by molar-refractivity contribution is 7.98. The summed E-state index contributed by atoms with van der Waals surface area (Å²) in [6.45, 7) is 4.78. The fourth-order valence-electron chi connectivity index (χ4n) is 4.36. The summed E-state index contributed by atoms with van der Waals surface area (Å²) in [5, 5.41) is 9.99. The first-order valence-electron chi connectivity index (χ1n) is 9.24. The maximum atomic E-state index is 12.3. The zero-order valence-corrected chi connectivity index (χ0v) is 15.9. The van der Waals surface area contributed by atoms with Crippen molar-refractivity contribution >= 4 is 17.7 Å². The number of thioether (sulfide) groups is 1. The molecule has 1 spiro atoms. The Morgan fingerprint density at radius 2 is 2.16 bits per heavy atom. The summed E-state index contributed by atoms with van der Waals surface area (Å²) in [6, 6.07) is 0. The number of carbonyl (C=O) groups excluding carboxylic acids is 1. The predicted molar refractivity (Wildman–Crippen MR) is 100 cm³/mol. The minimum Gasteiger partial charge on any atom is -0.396 e. The topological polar surface area (TPSA) is 72.5 Å². The van der Waals surface area contributed by atoms with Crippen molar-refractivity contribution in [3.8, 4) is 0 Å². The molecule has 0 radical (unpaired) electrons. The van der Waals surface area contributed by atoms with Gasteiger partial charge >= 0.3 is 0 Å². The molecular formula is C18H30N4O2S. The first-order chi connectivity index (χ1) is 12.2. The molecule has 3 heterocycles. The molecule has 0 unspecified atom stereocenters. The number of aliphatic hydroxyl groups excluding tert-OH is 1. The second kappa shape index (κ2) is 8.56. The van der Waals surface area contributed by atoms with Crippen molar-refractivity contribution in [2.24, 2.45) is 11.3 Å². The van der Waals surface area contributed by atoms with Crippen LogP contribution in [0, 0.1) is 11.3 Å². The van der Waals surface area contributed by atoms with Crippen molar-refractivity contribution in [1.29, 1.82) is 0 Å². The highest BCUT2D eigenvalue weighted by Gasteiger charge is 2.45. The molecule has 1 aromatic heterocycles. The lowest BCUT2D eigenvalue weighted by Gasteiger charge is -2.51. The third kappa shape index (κ3) is 4.38. The van der Waals surface area contributed by atoms with Gasteiger partial charge in [0.2, 0.25) is 5.91 Å².